The third-order valence-electron chi connectivity index (χ3n) is 5.81. The molecule has 0 spiro atoms. The zero-order valence-corrected chi connectivity index (χ0v) is 19.3. The Hall–Kier alpha value is -4.37. The molecule has 0 unspecified atom stereocenters. The molecule has 3 aromatic carbocycles. The number of nitro groups is 1. The Morgan fingerprint density at radius 2 is 1.91 bits per heavy atom. The Morgan fingerprint density at radius 1 is 1.14 bits per heavy atom. The van der Waals surface area contributed by atoms with Crippen LogP contribution in [-0.4, -0.2) is 27.7 Å². The molecule has 0 fully saturated rings. The van der Waals surface area contributed by atoms with Crippen molar-refractivity contribution in [3.8, 4) is 5.75 Å². The molecular formula is C25H20ClN5O4. The van der Waals surface area contributed by atoms with Gasteiger partial charge in [0, 0.05) is 22.0 Å². The maximum atomic E-state index is 13.6. The van der Waals surface area contributed by atoms with Gasteiger partial charge in [-0.3, -0.25) is 24.5 Å². The molecule has 0 aliphatic carbocycles. The monoisotopic (exact) mass is 489 g/mol. The van der Waals surface area contributed by atoms with Gasteiger partial charge in [0.25, 0.3) is 5.91 Å². The summed E-state index contributed by atoms with van der Waals surface area (Å²) in [6.07, 6.45) is 2.05. The number of methoxy groups -OCH3 is 1. The summed E-state index contributed by atoms with van der Waals surface area (Å²) in [5.41, 5.74) is 3.45. The third kappa shape index (κ3) is 4.29. The van der Waals surface area contributed by atoms with Crippen LogP contribution >= 0.6 is 11.6 Å². The number of benzene rings is 3. The average Bonchev–Trinajstić information content (AvgIpc) is 3.34. The predicted molar refractivity (Wildman–Crippen MR) is 132 cm³/mol. The topological polar surface area (TPSA) is 103 Å². The maximum Gasteiger partial charge on any atom is 0.307 e. The molecule has 10 heteroatoms. The first-order valence-electron chi connectivity index (χ1n) is 10.7. The fourth-order valence-corrected chi connectivity index (χ4v) is 4.28. The van der Waals surface area contributed by atoms with E-state index >= 15 is 0 Å². The SMILES string of the molecule is COc1ccc([C@H]2Nc3ccccc3C(=O)N2c2ccc(Cl)cc2)cc1Cn1cc([N+](=O)[O-])cn1. The molecule has 0 saturated carbocycles. The number of hydrogen-bond acceptors (Lipinski definition) is 6. The van der Waals surface area contributed by atoms with Crippen LogP contribution in [0.4, 0.5) is 17.1 Å². The van der Waals surface area contributed by atoms with E-state index < -0.39 is 11.1 Å². The summed E-state index contributed by atoms with van der Waals surface area (Å²) in [6, 6.07) is 20.1. The summed E-state index contributed by atoms with van der Waals surface area (Å²) < 4.78 is 7.00. The van der Waals surface area contributed by atoms with Crippen LogP contribution < -0.4 is 15.0 Å². The molecule has 1 N–H and O–H groups in total. The molecule has 0 bridgehead atoms. The smallest absolute Gasteiger partial charge is 0.307 e. The number of nitrogens with one attached hydrogen (secondary N) is 1. The fraction of sp³-hybridized carbons (Fsp3) is 0.120. The number of carbonyl (C=O) groups excluding carboxylic acids is 1. The lowest BCUT2D eigenvalue weighted by atomic mass is 10.0. The van der Waals surface area contributed by atoms with Crippen LogP contribution in [-0.2, 0) is 6.54 Å². The van der Waals surface area contributed by atoms with Crippen molar-refractivity contribution in [3.05, 3.63) is 111 Å². The molecule has 1 atom stereocenters. The number of ether oxygens (including phenoxy) is 1. The second-order valence-corrected chi connectivity index (χ2v) is 8.40. The number of halogens is 1. The zero-order chi connectivity index (χ0) is 24.5. The lowest BCUT2D eigenvalue weighted by molar-refractivity contribution is -0.385. The molecule has 1 aliphatic rings. The zero-order valence-electron chi connectivity index (χ0n) is 18.6. The fourth-order valence-electron chi connectivity index (χ4n) is 4.15. The highest BCUT2D eigenvalue weighted by Gasteiger charge is 2.34. The number of carbonyl (C=O) groups is 1. The van der Waals surface area contributed by atoms with Gasteiger partial charge in [-0.2, -0.15) is 5.10 Å². The van der Waals surface area contributed by atoms with Crippen LogP contribution in [0, 0.1) is 10.1 Å². The van der Waals surface area contributed by atoms with Gasteiger partial charge in [-0.25, -0.2) is 0 Å². The van der Waals surface area contributed by atoms with Gasteiger partial charge in [0.05, 0.1) is 24.1 Å². The molecule has 1 aliphatic heterocycles. The van der Waals surface area contributed by atoms with E-state index in [1.807, 2.05) is 36.4 Å². The molecule has 2 heterocycles. The lowest BCUT2D eigenvalue weighted by Gasteiger charge is -2.38. The number of para-hydroxylation sites is 1. The van der Waals surface area contributed by atoms with Crippen molar-refractivity contribution >= 4 is 34.6 Å². The van der Waals surface area contributed by atoms with Gasteiger partial charge in [-0.15, -0.1) is 0 Å². The molecule has 0 saturated heterocycles. The first-order chi connectivity index (χ1) is 16.9. The van der Waals surface area contributed by atoms with E-state index in [2.05, 4.69) is 10.4 Å². The first kappa shape index (κ1) is 22.4. The Labute approximate surface area is 205 Å². The van der Waals surface area contributed by atoms with Crippen LogP contribution in [0.3, 0.4) is 0 Å². The van der Waals surface area contributed by atoms with Gasteiger partial charge < -0.3 is 10.1 Å². The molecule has 4 aromatic rings. The number of aromatic nitrogens is 2. The Balaban J connectivity index is 1.57. The van der Waals surface area contributed by atoms with Crippen molar-refractivity contribution in [1.82, 2.24) is 9.78 Å². The van der Waals surface area contributed by atoms with Crippen LogP contribution in [0.2, 0.25) is 5.02 Å². The molecule has 9 nitrogen and oxygen atoms in total. The minimum Gasteiger partial charge on any atom is -0.496 e. The lowest BCUT2D eigenvalue weighted by Crippen LogP contribution is -2.43. The van der Waals surface area contributed by atoms with Crippen molar-refractivity contribution in [3.63, 3.8) is 0 Å². The largest absolute Gasteiger partial charge is 0.496 e. The van der Waals surface area contributed by atoms with E-state index in [0.29, 0.717) is 22.0 Å². The van der Waals surface area contributed by atoms with Crippen LogP contribution in [0.15, 0.2) is 79.1 Å². The summed E-state index contributed by atoms with van der Waals surface area (Å²) in [7, 11) is 1.56. The summed E-state index contributed by atoms with van der Waals surface area (Å²) in [5, 5.41) is 19.2. The molecule has 0 radical (unpaired) electrons. The first-order valence-corrected chi connectivity index (χ1v) is 11.1. The second-order valence-electron chi connectivity index (χ2n) is 7.97. The Morgan fingerprint density at radius 3 is 2.63 bits per heavy atom. The molecule has 5 rings (SSSR count). The van der Waals surface area contributed by atoms with Gasteiger partial charge in [0.1, 0.15) is 24.3 Å². The Bertz CT molecular complexity index is 1420. The van der Waals surface area contributed by atoms with E-state index in [-0.39, 0.29) is 18.1 Å². The quantitative estimate of drug-likeness (QED) is 0.292. The molecule has 1 amide bonds. The van der Waals surface area contributed by atoms with Crippen molar-refractivity contribution in [2.45, 2.75) is 12.7 Å². The van der Waals surface area contributed by atoms with Crippen molar-refractivity contribution in [2.24, 2.45) is 0 Å². The van der Waals surface area contributed by atoms with Crippen molar-refractivity contribution in [2.75, 3.05) is 17.3 Å². The summed E-state index contributed by atoms with van der Waals surface area (Å²) in [4.78, 5) is 25.8. The van der Waals surface area contributed by atoms with Crippen molar-refractivity contribution < 1.29 is 14.5 Å². The van der Waals surface area contributed by atoms with Gasteiger partial charge in [0.15, 0.2) is 0 Å². The van der Waals surface area contributed by atoms with E-state index in [9.17, 15) is 14.9 Å². The van der Waals surface area contributed by atoms with Crippen LogP contribution in [0.5, 0.6) is 5.75 Å². The number of anilines is 2. The number of fused-ring (bicyclic) bond motifs is 1. The van der Waals surface area contributed by atoms with E-state index in [1.54, 1.807) is 42.3 Å². The van der Waals surface area contributed by atoms with E-state index in [0.717, 1.165) is 16.8 Å². The van der Waals surface area contributed by atoms with Crippen LogP contribution in [0.25, 0.3) is 0 Å². The maximum absolute atomic E-state index is 13.6. The summed E-state index contributed by atoms with van der Waals surface area (Å²) in [5.74, 6) is 0.458. The summed E-state index contributed by atoms with van der Waals surface area (Å²) in [6.45, 7) is 0.253. The molecular weight excluding hydrogens is 470 g/mol. The standard InChI is InChI=1S/C25H20ClN5O4/c1-35-23-11-6-16(12-17(23)14-29-15-20(13-27-29)31(33)34)24-28-22-5-3-2-4-21(22)25(32)30(24)19-9-7-18(26)8-10-19/h2-13,15,24,28H,14H2,1H3/t24-/m0/s1. The highest BCUT2D eigenvalue weighted by Crippen LogP contribution is 2.38. The minimum absolute atomic E-state index is 0.0924. The van der Waals surface area contributed by atoms with Gasteiger partial charge in [0.2, 0.25) is 0 Å². The van der Waals surface area contributed by atoms with Gasteiger partial charge in [-0.1, -0.05) is 29.8 Å². The third-order valence-corrected chi connectivity index (χ3v) is 6.07. The number of hydrogen-bond donors (Lipinski definition) is 1. The highest BCUT2D eigenvalue weighted by molar-refractivity contribution is 6.30. The highest BCUT2D eigenvalue weighted by atomic mass is 35.5. The number of rotatable bonds is 6. The molecule has 1 aromatic heterocycles. The second kappa shape index (κ2) is 9.11. The number of nitrogens with zero attached hydrogens (tertiary/aromatic N) is 4. The van der Waals surface area contributed by atoms with E-state index in [4.69, 9.17) is 16.3 Å². The average molecular weight is 490 g/mol. The summed E-state index contributed by atoms with van der Waals surface area (Å²) >= 11 is 6.09. The Kier molecular flexibility index (Phi) is 5.84. The van der Waals surface area contributed by atoms with E-state index in [1.165, 1.54) is 17.1 Å². The molecule has 176 valence electrons. The number of amides is 1. The normalized spacial score (nSPS) is 14.9. The van der Waals surface area contributed by atoms with Gasteiger partial charge in [-0.05, 0) is 54.1 Å². The van der Waals surface area contributed by atoms with Crippen molar-refractivity contribution in [1.29, 1.82) is 0 Å². The predicted octanol–water partition coefficient (Wildman–Crippen LogP) is 5.27. The van der Waals surface area contributed by atoms with Gasteiger partial charge >= 0.3 is 5.69 Å². The minimum atomic E-state index is -0.518. The van der Waals surface area contributed by atoms with Crippen LogP contribution in [0.1, 0.15) is 27.7 Å². The molecule has 35 heavy (non-hydrogen) atoms.